The predicted molar refractivity (Wildman–Crippen MR) is 54.7 cm³/mol. The molecule has 0 saturated heterocycles. The summed E-state index contributed by atoms with van der Waals surface area (Å²) < 4.78 is 1.54. The number of unbranched alkanes of at least 4 members (excludes halogenated alkanes) is 7. The van der Waals surface area contributed by atoms with Gasteiger partial charge < -0.3 is 0 Å². The zero-order valence-corrected chi connectivity index (χ0v) is 13.3. The summed E-state index contributed by atoms with van der Waals surface area (Å²) in [5, 5.41) is 0. The van der Waals surface area contributed by atoms with Crippen LogP contribution >= 0.6 is 12.4 Å². The van der Waals surface area contributed by atoms with E-state index in [1.807, 2.05) is 0 Å². The van der Waals surface area contributed by atoms with E-state index >= 15 is 0 Å². The van der Waals surface area contributed by atoms with Crippen molar-refractivity contribution in [2.24, 2.45) is 0 Å². The second kappa shape index (κ2) is 14.7. The molecule has 0 heterocycles. The molecule has 2 heteroatoms. The van der Waals surface area contributed by atoms with Gasteiger partial charge in [-0.2, -0.15) is 0 Å². The van der Waals surface area contributed by atoms with Crippen molar-refractivity contribution in [3.63, 3.8) is 0 Å². The molecular weight excluding hydrogens is 268 g/mol. The molecule has 0 rings (SSSR count). The number of halogens is 1. The van der Waals surface area contributed by atoms with Gasteiger partial charge in [0, 0.05) is 0 Å². The van der Waals surface area contributed by atoms with Gasteiger partial charge in [-0.3, -0.25) is 0 Å². The van der Waals surface area contributed by atoms with Crippen LogP contribution in [0.1, 0.15) is 58.3 Å². The molecule has 0 amide bonds. The first-order valence-corrected chi connectivity index (χ1v) is 8.06. The van der Waals surface area contributed by atoms with Crippen molar-refractivity contribution < 1.29 is 25.8 Å². The van der Waals surface area contributed by atoms with E-state index < -0.39 is 0 Å². The zero-order valence-electron chi connectivity index (χ0n) is 8.48. The first-order chi connectivity index (χ1) is 5.41. The number of hydrogen-bond donors (Lipinski definition) is 0. The first-order valence-electron chi connectivity index (χ1n) is 5.21. The SMILES string of the molecule is CCCCCCCCC[CH2][Cd].Cl. The van der Waals surface area contributed by atoms with Gasteiger partial charge in [-0.05, 0) is 0 Å². The molecule has 0 aliphatic carbocycles. The molecule has 71 valence electrons. The Morgan fingerprint density at radius 3 is 1.58 bits per heavy atom. The number of hydrogen-bond acceptors (Lipinski definition) is 0. The molecular formula is C10H22CdCl. The zero-order chi connectivity index (χ0) is 8.36. The summed E-state index contributed by atoms with van der Waals surface area (Å²) in [6.07, 6.45) is 11.8. The molecule has 0 bridgehead atoms. The van der Waals surface area contributed by atoms with Gasteiger partial charge in [0.1, 0.15) is 0 Å². The van der Waals surface area contributed by atoms with E-state index in [4.69, 9.17) is 0 Å². The Labute approximate surface area is 100.0 Å². The Hall–Kier alpha value is 1.21. The monoisotopic (exact) mass is 291 g/mol. The van der Waals surface area contributed by atoms with Crippen LogP contribution in [0.3, 0.4) is 0 Å². The Morgan fingerprint density at radius 2 is 1.17 bits per heavy atom. The molecule has 0 radical (unpaired) electrons. The van der Waals surface area contributed by atoms with E-state index in [-0.39, 0.29) is 12.4 Å². The Morgan fingerprint density at radius 1 is 0.750 bits per heavy atom. The summed E-state index contributed by atoms with van der Waals surface area (Å²) in [7, 11) is 0. The summed E-state index contributed by atoms with van der Waals surface area (Å²) in [4.78, 5) is 0. The topological polar surface area (TPSA) is 0 Å². The summed E-state index contributed by atoms with van der Waals surface area (Å²) in [6.45, 7) is 2.28. The molecule has 0 unspecified atom stereocenters. The van der Waals surface area contributed by atoms with Gasteiger partial charge in [0.05, 0.1) is 0 Å². The Kier molecular flexibility index (Phi) is 19.2. The maximum atomic E-state index is 2.28. The van der Waals surface area contributed by atoms with Gasteiger partial charge in [0.25, 0.3) is 0 Å². The first kappa shape index (κ1) is 15.7. The van der Waals surface area contributed by atoms with E-state index in [1.165, 1.54) is 77.1 Å². The third-order valence-electron chi connectivity index (χ3n) is 2.10. The van der Waals surface area contributed by atoms with E-state index in [0.717, 1.165) is 0 Å². The third-order valence-corrected chi connectivity index (χ3v) is 3.53. The van der Waals surface area contributed by atoms with E-state index in [9.17, 15) is 0 Å². The van der Waals surface area contributed by atoms with Gasteiger partial charge in [-0.1, -0.05) is 0 Å². The molecule has 0 aliphatic heterocycles. The van der Waals surface area contributed by atoms with Crippen molar-refractivity contribution in [1.82, 2.24) is 0 Å². The normalized spacial score (nSPS) is 9.58. The van der Waals surface area contributed by atoms with E-state index in [2.05, 4.69) is 6.92 Å². The van der Waals surface area contributed by atoms with Crippen molar-refractivity contribution >= 4 is 12.4 Å². The average Bonchev–Trinajstić information content (AvgIpc) is 2.03. The minimum Gasteiger partial charge on any atom is -0.147 e. The molecule has 12 heavy (non-hydrogen) atoms. The summed E-state index contributed by atoms with van der Waals surface area (Å²) in [5.41, 5.74) is 0. The van der Waals surface area contributed by atoms with Gasteiger partial charge in [0.15, 0.2) is 0 Å². The van der Waals surface area contributed by atoms with Crippen LogP contribution in [-0.2, 0) is 25.8 Å². The average molecular weight is 290 g/mol. The standard InChI is InChI=1S/C10H21.Cd.ClH/c1-3-5-7-9-10-8-6-4-2;;/h1,3-10H2,2H3;;1H. The van der Waals surface area contributed by atoms with Crippen LogP contribution in [0.2, 0.25) is 3.98 Å². The quantitative estimate of drug-likeness (QED) is 0.455. The smallest absolute Gasteiger partial charge is 0.147 e. The van der Waals surface area contributed by atoms with E-state index in [0.29, 0.717) is 0 Å². The second-order valence-corrected chi connectivity index (χ2v) is 5.35. The van der Waals surface area contributed by atoms with Gasteiger partial charge in [0.2, 0.25) is 0 Å². The largest absolute Gasteiger partial charge is 0.147 e. The van der Waals surface area contributed by atoms with Crippen LogP contribution in [0.5, 0.6) is 0 Å². The van der Waals surface area contributed by atoms with Crippen molar-refractivity contribution in [1.29, 1.82) is 0 Å². The number of rotatable bonds is 8. The Bertz CT molecular complexity index is 58.9. The van der Waals surface area contributed by atoms with Crippen LogP contribution < -0.4 is 0 Å². The molecule has 0 aromatic heterocycles. The molecule has 0 saturated carbocycles. The van der Waals surface area contributed by atoms with Crippen molar-refractivity contribution in [3.05, 3.63) is 0 Å². The summed E-state index contributed by atoms with van der Waals surface area (Å²) in [6, 6.07) is 0. The maximum Gasteiger partial charge on any atom is -0.147 e. The molecule has 0 aromatic rings. The maximum absolute atomic E-state index is 2.28. The molecule has 0 aliphatic rings. The molecule has 0 fully saturated rings. The van der Waals surface area contributed by atoms with Gasteiger partial charge >= 0.3 is 88.0 Å². The van der Waals surface area contributed by atoms with Crippen LogP contribution in [0.15, 0.2) is 0 Å². The van der Waals surface area contributed by atoms with Crippen molar-refractivity contribution in [2.45, 2.75) is 62.3 Å². The van der Waals surface area contributed by atoms with Gasteiger partial charge in [-0.25, -0.2) is 0 Å². The third kappa shape index (κ3) is 13.8. The fourth-order valence-corrected chi connectivity index (χ4v) is 2.32. The molecule has 0 N–H and O–H groups in total. The Balaban J connectivity index is 0. The van der Waals surface area contributed by atoms with Crippen molar-refractivity contribution in [2.75, 3.05) is 0 Å². The van der Waals surface area contributed by atoms with Crippen LogP contribution in [0, 0.1) is 0 Å². The van der Waals surface area contributed by atoms with Crippen LogP contribution in [-0.4, -0.2) is 0 Å². The van der Waals surface area contributed by atoms with Crippen LogP contribution in [0.4, 0.5) is 0 Å². The predicted octanol–water partition coefficient (Wildman–Crippen LogP) is 4.51. The second-order valence-electron chi connectivity index (χ2n) is 3.33. The molecule has 0 aromatic carbocycles. The van der Waals surface area contributed by atoms with Crippen molar-refractivity contribution in [3.8, 4) is 0 Å². The van der Waals surface area contributed by atoms with Gasteiger partial charge in [-0.15, -0.1) is 12.4 Å². The summed E-state index contributed by atoms with van der Waals surface area (Å²) >= 11 is 1.22. The van der Waals surface area contributed by atoms with E-state index in [1.54, 1.807) is 3.98 Å². The minimum absolute atomic E-state index is 0. The summed E-state index contributed by atoms with van der Waals surface area (Å²) in [5.74, 6) is 0. The fraction of sp³-hybridized carbons (Fsp3) is 1.00. The molecule has 0 nitrogen and oxygen atoms in total. The minimum atomic E-state index is 0. The molecule has 0 atom stereocenters. The molecule has 0 spiro atoms. The van der Waals surface area contributed by atoms with Crippen LogP contribution in [0.25, 0.3) is 0 Å². The fourth-order valence-electron chi connectivity index (χ4n) is 1.31.